The molecule has 0 saturated heterocycles. The maximum absolute atomic E-state index is 15.4. The highest BCUT2D eigenvalue weighted by atomic mass is 127. The van der Waals surface area contributed by atoms with Crippen LogP contribution in [0.15, 0.2) is 72.4 Å². The molecule has 0 saturated carbocycles. The zero-order valence-electron chi connectivity index (χ0n) is 22.5. The van der Waals surface area contributed by atoms with Crippen LogP contribution >= 0.6 is 22.6 Å². The summed E-state index contributed by atoms with van der Waals surface area (Å²) in [4.78, 5) is 10.8. The number of sulfone groups is 1. The van der Waals surface area contributed by atoms with E-state index >= 15 is 8.78 Å². The summed E-state index contributed by atoms with van der Waals surface area (Å²) in [6, 6.07) is 15.4. The van der Waals surface area contributed by atoms with Gasteiger partial charge in [-0.25, -0.2) is 22.2 Å². The number of aromatic nitrogens is 3. The van der Waals surface area contributed by atoms with Crippen LogP contribution in [0.25, 0.3) is 28.4 Å². The van der Waals surface area contributed by atoms with E-state index in [1.54, 1.807) is 18.5 Å². The molecule has 3 aromatic carbocycles. The van der Waals surface area contributed by atoms with Crippen LogP contribution in [0.4, 0.5) is 8.78 Å². The van der Waals surface area contributed by atoms with Gasteiger partial charge in [-0.15, -0.1) is 0 Å². The van der Waals surface area contributed by atoms with Gasteiger partial charge in [-0.3, -0.25) is 0 Å². The lowest BCUT2D eigenvalue weighted by molar-refractivity contribution is 0.441. The fourth-order valence-electron chi connectivity index (χ4n) is 5.44. The third-order valence-electron chi connectivity index (χ3n) is 7.55. The Balaban J connectivity index is 1.46. The fraction of sp³-hybridized carbons (Fsp3) is 0.219. The Morgan fingerprint density at radius 1 is 0.976 bits per heavy atom. The summed E-state index contributed by atoms with van der Waals surface area (Å²) >= 11 is 2.29. The number of fused-ring (bicyclic) bond motifs is 8. The normalized spacial score (nSPS) is 18.3. The molecule has 0 aliphatic carbocycles. The molecule has 2 N–H and O–H groups in total. The zero-order chi connectivity index (χ0) is 29.3. The van der Waals surface area contributed by atoms with Crippen molar-refractivity contribution in [1.29, 1.82) is 0 Å². The van der Waals surface area contributed by atoms with Gasteiger partial charge >= 0.3 is 0 Å². The minimum absolute atomic E-state index is 0.00180. The van der Waals surface area contributed by atoms with E-state index in [1.807, 2.05) is 12.1 Å². The molecule has 1 aliphatic heterocycles. The number of ether oxygens (including phenoxy) is 1. The van der Waals surface area contributed by atoms with Gasteiger partial charge in [0.15, 0.2) is 21.4 Å². The van der Waals surface area contributed by atoms with Gasteiger partial charge in [-0.1, -0.05) is 31.4 Å². The van der Waals surface area contributed by atoms with E-state index in [9.17, 15) is 8.42 Å². The Kier molecular flexibility index (Phi) is 8.17. The largest absolute Gasteiger partial charge is 0.454 e. The minimum Gasteiger partial charge on any atom is -0.454 e. The second kappa shape index (κ2) is 12.0. The van der Waals surface area contributed by atoms with E-state index in [0.717, 1.165) is 45.9 Å². The second-order valence-electron chi connectivity index (χ2n) is 10.5. The Morgan fingerprint density at radius 3 is 2.69 bits per heavy atom. The predicted molar refractivity (Wildman–Crippen MR) is 169 cm³/mol. The number of H-pyrrole nitrogens is 2. The molecule has 5 aromatic rings. The molecule has 3 heterocycles. The molecule has 216 valence electrons. The monoisotopic (exact) mass is 699 g/mol. The molecular weight excluding hydrogens is 671 g/mol. The molecule has 6 nitrogen and oxygen atoms in total. The van der Waals surface area contributed by atoms with Crippen molar-refractivity contribution in [1.82, 2.24) is 15.0 Å². The van der Waals surface area contributed by atoms with Crippen molar-refractivity contribution in [2.75, 3.05) is 5.75 Å². The summed E-state index contributed by atoms with van der Waals surface area (Å²) < 4.78 is 63.5. The summed E-state index contributed by atoms with van der Waals surface area (Å²) in [7, 11) is -3.55. The van der Waals surface area contributed by atoms with Crippen molar-refractivity contribution in [2.24, 2.45) is 0 Å². The van der Waals surface area contributed by atoms with Crippen LogP contribution in [-0.2, 0) is 9.84 Å². The molecular formula is C32H28F2IN3O3S. The quantitative estimate of drug-likeness (QED) is 0.172. The Bertz CT molecular complexity index is 1900. The van der Waals surface area contributed by atoms with Gasteiger partial charge < -0.3 is 14.7 Å². The van der Waals surface area contributed by atoms with E-state index in [0.29, 0.717) is 23.1 Å². The van der Waals surface area contributed by atoms with E-state index in [1.165, 1.54) is 30.3 Å². The lowest BCUT2D eigenvalue weighted by atomic mass is 9.90. The first-order chi connectivity index (χ1) is 20.3. The number of hydrogen-bond acceptors (Lipinski definition) is 4. The van der Waals surface area contributed by atoms with Crippen molar-refractivity contribution in [3.63, 3.8) is 0 Å². The van der Waals surface area contributed by atoms with Crippen molar-refractivity contribution >= 4 is 49.4 Å². The number of nitrogens with one attached hydrogen (secondary N) is 2. The number of hydrogen-bond donors (Lipinski definition) is 2. The standard InChI is InChI=1S/C32H28F2IN3O3S/c33-27-10-9-22-17-26(27)32-37-19-30(38-32)23(20-6-5-7-21(35)16-20)8-3-1-2-4-14-42(39,40)15-12-25-24-11-13-36-29(24)18-28(34)31(25)41-22/h5-7,9-13,15-19,23,36H,1-4,8,14H2,(H,37,38)/b15-12+. The minimum atomic E-state index is -3.55. The average molecular weight is 700 g/mol. The molecule has 0 fully saturated rings. The highest BCUT2D eigenvalue weighted by Crippen LogP contribution is 2.38. The van der Waals surface area contributed by atoms with Crippen LogP contribution in [0.5, 0.6) is 11.5 Å². The molecule has 1 aliphatic rings. The number of aromatic amines is 2. The summed E-state index contributed by atoms with van der Waals surface area (Å²) in [6.45, 7) is 0. The van der Waals surface area contributed by atoms with Gasteiger partial charge in [0.1, 0.15) is 17.4 Å². The van der Waals surface area contributed by atoms with Crippen molar-refractivity contribution in [2.45, 2.75) is 38.0 Å². The van der Waals surface area contributed by atoms with Gasteiger partial charge in [0.05, 0.1) is 11.3 Å². The number of halogens is 3. The molecule has 10 heteroatoms. The van der Waals surface area contributed by atoms with Gasteiger partial charge in [-0.2, -0.15) is 0 Å². The first kappa shape index (κ1) is 28.6. The number of rotatable bonds is 1. The van der Waals surface area contributed by atoms with Gasteiger partial charge in [0.2, 0.25) is 0 Å². The maximum atomic E-state index is 15.4. The molecule has 6 rings (SSSR count). The van der Waals surface area contributed by atoms with Crippen LogP contribution in [-0.4, -0.2) is 29.1 Å². The second-order valence-corrected chi connectivity index (χ2v) is 13.7. The summed E-state index contributed by atoms with van der Waals surface area (Å²) in [5.41, 5.74) is 2.94. The van der Waals surface area contributed by atoms with E-state index in [2.05, 4.69) is 49.7 Å². The molecule has 0 radical (unpaired) electrons. The predicted octanol–water partition coefficient (Wildman–Crippen LogP) is 8.71. The van der Waals surface area contributed by atoms with Crippen LogP contribution < -0.4 is 4.74 Å². The molecule has 2 aromatic heterocycles. The Hall–Kier alpha value is -3.51. The summed E-state index contributed by atoms with van der Waals surface area (Å²) in [5, 5.41) is 1.73. The molecule has 0 spiro atoms. The van der Waals surface area contributed by atoms with Gasteiger partial charge in [0.25, 0.3) is 0 Å². The van der Waals surface area contributed by atoms with E-state index < -0.39 is 21.5 Å². The van der Waals surface area contributed by atoms with Gasteiger partial charge in [-0.05, 0) is 83.5 Å². The van der Waals surface area contributed by atoms with Crippen LogP contribution in [0, 0.1) is 15.2 Å². The first-order valence-corrected chi connectivity index (χ1v) is 16.6. The highest BCUT2D eigenvalue weighted by molar-refractivity contribution is 14.1. The fourth-order valence-corrected chi connectivity index (χ4v) is 7.09. The lowest BCUT2D eigenvalue weighted by Crippen LogP contribution is -2.04. The average Bonchev–Trinajstić information content (AvgIpc) is 3.63. The molecule has 4 bridgehead atoms. The smallest absolute Gasteiger partial charge is 0.171 e. The van der Waals surface area contributed by atoms with Crippen molar-refractivity contribution in [3.8, 4) is 22.9 Å². The van der Waals surface area contributed by atoms with Crippen molar-refractivity contribution < 1.29 is 21.9 Å². The SMILES string of the molecule is O=S1(=O)/C=C/c2c(c(F)cc3[nH]ccc23)Oc2ccc(F)c(c2)-c2ncc([nH]2)C(c2cccc(I)c2)CCCCCC1. The number of imidazole rings is 1. The van der Waals surface area contributed by atoms with Crippen molar-refractivity contribution in [3.05, 3.63) is 104 Å². The molecule has 42 heavy (non-hydrogen) atoms. The first-order valence-electron chi connectivity index (χ1n) is 13.8. The van der Waals surface area contributed by atoms with Gasteiger partial charge in [0, 0.05) is 55.5 Å². The van der Waals surface area contributed by atoms with Crippen LogP contribution in [0.3, 0.4) is 0 Å². The summed E-state index contributed by atoms with van der Waals surface area (Å²) in [5.74, 6) is -0.814. The Labute approximate surface area is 256 Å². The molecule has 0 amide bonds. The topological polar surface area (TPSA) is 87.8 Å². The van der Waals surface area contributed by atoms with E-state index in [-0.39, 0.29) is 34.3 Å². The van der Waals surface area contributed by atoms with Crippen LogP contribution in [0.2, 0.25) is 0 Å². The Morgan fingerprint density at radius 2 is 1.83 bits per heavy atom. The number of benzene rings is 3. The highest BCUT2D eigenvalue weighted by Gasteiger charge is 2.21. The maximum Gasteiger partial charge on any atom is 0.171 e. The third-order valence-corrected chi connectivity index (χ3v) is 9.63. The molecule has 1 unspecified atom stereocenters. The summed E-state index contributed by atoms with van der Waals surface area (Å²) in [6.07, 6.45) is 8.61. The lowest BCUT2D eigenvalue weighted by Gasteiger charge is -2.16. The third kappa shape index (κ3) is 6.14. The zero-order valence-corrected chi connectivity index (χ0v) is 25.5. The van der Waals surface area contributed by atoms with Crippen LogP contribution in [0.1, 0.15) is 54.8 Å². The molecule has 1 atom stereocenters. The van der Waals surface area contributed by atoms with E-state index in [4.69, 9.17) is 4.74 Å². The number of nitrogens with zero attached hydrogens (tertiary/aromatic N) is 1.